The van der Waals surface area contributed by atoms with E-state index in [1.165, 1.54) is 32.1 Å². The molecule has 0 heterocycles. The molecule has 0 bridgehead atoms. The maximum atomic E-state index is 11.6. The highest BCUT2D eigenvalue weighted by atomic mass is 32.2. The number of primary amides is 1. The number of amides is 1. The van der Waals surface area contributed by atoms with Crippen LogP contribution in [0.3, 0.4) is 0 Å². The van der Waals surface area contributed by atoms with Gasteiger partial charge < -0.3 is 11.1 Å². The lowest BCUT2D eigenvalue weighted by Gasteiger charge is -2.38. The van der Waals surface area contributed by atoms with Crippen molar-refractivity contribution in [2.45, 2.75) is 67.4 Å². The number of hydrogen-bond donors (Lipinski definition) is 2. The average molecular weight is 256 g/mol. The number of hydrogen-bond acceptors (Lipinski definition) is 3. The number of nitrogens with one attached hydrogen (secondary N) is 1. The summed E-state index contributed by atoms with van der Waals surface area (Å²) in [5.74, 6) is -0.170. The van der Waals surface area contributed by atoms with Crippen molar-refractivity contribution < 1.29 is 4.79 Å². The molecule has 0 aromatic heterocycles. The smallest absolute Gasteiger partial charge is 0.237 e. The van der Waals surface area contributed by atoms with Gasteiger partial charge in [0, 0.05) is 10.5 Å². The van der Waals surface area contributed by atoms with E-state index in [9.17, 15) is 4.79 Å². The quantitative estimate of drug-likeness (QED) is 0.809. The average Bonchev–Trinajstić information content (AvgIpc) is 2.82. The van der Waals surface area contributed by atoms with Gasteiger partial charge in [-0.25, -0.2) is 0 Å². The molecule has 2 aliphatic carbocycles. The molecular formula is C13H24N2OS. The zero-order chi connectivity index (χ0) is 12.3. The van der Waals surface area contributed by atoms with Crippen molar-refractivity contribution >= 4 is 17.7 Å². The fraction of sp³-hybridized carbons (Fsp3) is 0.923. The summed E-state index contributed by atoms with van der Waals surface area (Å²) in [6.07, 6.45) is 9.69. The van der Waals surface area contributed by atoms with E-state index in [1.54, 1.807) is 0 Å². The summed E-state index contributed by atoms with van der Waals surface area (Å²) in [5, 5.41) is 4.64. The number of carbonyl (C=O) groups excluding carboxylic acids is 1. The lowest BCUT2D eigenvalue weighted by atomic mass is 9.81. The number of likely N-dealkylation sites (N-methyl/N-ethyl adjacent to an activating group) is 1. The molecule has 2 atom stereocenters. The molecule has 1 amide bonds. The second-order valence-electron chi connectivity index (χ2n) is 5.46. The van der Waals surface area contributed by atoms with Crippen molar-refractivity contribution in [2.75, 3.05) is 7.05 Å². The molecule has 2 unspecified atom stereocenters. The van der Waals surface area contributed by atoms with Gasteiger partial charge in [-0.1, -0.05) is 12.8 Å². The van der Waals surface area contributed by atoms with Crippen LogP contribution in [-0.2, 0) is 4.79 Å². The van der Waals surface area contributed by atoms with Crippen LogP contribution in [0, 0.1) is 0 Å². The van der Waals surface area contributed by atoms with Crippen molar-refractivity contribution in [3.63, 3.8) is 0 Å². The van der Waals surface area contributed by atoms with E-state index in [0.717, 1.165) is 24.5 Å². The Morgan fingerprint density at radius 1 is 1.24 bits per heavy atom. The first kappa shape index (κ1) is 13.2. The second-order valence-corrected chi connectivity index (χ2v) is 7.06. The van der Waals surface area contributed by atoms with Gasteiger partial charge in [-0.3, -0.25) is 4.79 Å². The third-order valence-corrected chi connectivity index (χ3v) is 5.99. The van der Waals surface area contributed by atoms with Crippen LogP contribution in [0.2, 0.25) is 0 Å². The number of rotatable bonds is 4. The maximum absolute atomic E-state index is 11.6. The first-order chi connectivity index (χ1) is 8.16. The number of carbonyl (C=O) groups is 1. The lowest BCUT2D eigenvalue weighted by Crippen LogP contribution is -2.57. The molecule has 2 fully saturated rings. The minimum absolute atomic E-state index is 0.170. The lowest BCUT2D eigenvalue weighted by molar-refractivity contribution is -0.125. The van der Waals surface area contributed by atoms with Gasteiger partial charge in [0.15, 0.2) is 0 Å². The first-order valence-corrected chi connectivity index (χ1v) is 7.75. The van der Waals surface area contributed by atoms with E-state index < -0.39 is 5.54 Å². The normalized spacial score (nSPS) is 35.0. The summed E-state index contributed by atoms with van der Waals surface area (Å²) in [7, 11) is 1.87. The summed E-state index contributed by atoms with van der Waals surface area (Å²) in [6.45, 7) is 0. The van der Waals surface area contributed by atoms with E-state index in [1.807, 2.05) is 7.05 Å². The number of nitrogens with two attached hydrogens (primary N) is 1. The summed E-state index contributed by atoms with van der Waals surface area (Å²) in [6, 6.07) is 0. The molecule has 2 aliphatic rings. The zero-order valence-corrected chi connectivity index (χ0v) is 11.5. The van der Waals surface area contributed by atoms with Crippen molar-refractivity contribution in [3.8, 4) is 0 Å². The Morgan fingerprint density at radius 2 is 1.88 bits per heavy atom. The Bertz CT molecular complexity index is 279. The van der Waals surface area contributed by atoms with Gasteiger partial charge in [-0.05, 0) is 45.6 Å². The highest BCUT2D eigenvalue weighted by Gasteiger charge is 2.40. The molecule has 0 spiro atoms. The molecule has 0 radical (unpaired) electrons. The molecule has 0 aliphatic heterocycles. The Hall–Kier alpha value is -0.220. The molecule has 98 valence electrons. The van der Waals surface area contributed by atoms with Crippen molar-refractivity contribution in [1.29, 1.82) is 0 Å². The van der Waals surface area contributed by atoms with Crippen LogP contribution in [0.4, 0.5) is 0 Å². The summed E-state index contributed by atoms with van der Waals surface area (Å²) >= 11 is 2.12. The van der Waals surface area contributed by atoms with E-state index in [-0.39, 0.29) is 5.91 Å². The molecule has 0 saturated heterocycles. The maximum Gasteiger partial charge on any atom is 0.237 e. The van der Waals surface area contributed by atoms with Gasteiger partial charge in [-0.2, -0.15) is 11.8 Å². The monoisotopic (exact) mass is 256 g/mol. The van der Waals surface area contributed by atoms with Crippen LogP contribution in [0.25, 0.3) is 0 Å². The molecule has 3 nitrogen and oxygen atoms in total. The van der Waals surface area contributed by atoms with Crippen LogP contribution >= 0.6 is 11.8 Å². The minimum Gasteiger partial charge on any atom is -0.368 e. The molecule has 2 rings (SSSR count). The largest absolute Gasteiger partial charge is 0.368 e. The van der Waals surface area contributed by atoms with Crippen molar-refractivity contribution in [2.24, 2.45) is 5.73 Å². The third kappa shape index (κ3) is 2.97. The summed E-state index contributed by atoms with van der Waals surface area (Å²) in [5.41, 5.74) is 5.14. The Labute approximate surface area is 108 Å². The molecule has 0 aromatic rings. The summed E-state index contributed by atoms with van der Waals surface area (Å²) in [4.78, 5) is 11.6. The number of thioether (sulfide) groups is 1. The first-order valence-electron chi connectivity index (χ1n) is 6.80. The predicted molar refractivity (Wildman–Crippen MR) is 73.1 cm³/mol. The highest BCUT2D eigenvalue weighted by molar-refractivity contribution is 8.00. The minimum atomic E-state index is -0.436. The molecule has 2 saturated carbocycles. The second kappa shape index (κ2) is 5.61. The van der Waals surface area contributed by atoms with Gasteiger partial charge in [0.05, 0.1) is 5.54 Å². The van der Waals surface area contributed by atoms with E-state index in [4.69, 9.17) is 5.73 Å². The Kier molecular flexibility index (Phi) is 4.36. The summed E-state index contributed by atoms with van der Waals surface area (Å²) < 4.78 is 0. The van der Waals surface area contributed by atoms with Gasteiger partial charge in [0.1, 0.15) is 0 Å². The predicted octanol–water partition coefficient (Wildman–Crippen LogP) is 2.05. The molecule has 3 N–H and O–H groups in total. The fourth-order valence-electron chi connectivity index (χ4n) is 3.21. The van der Waals surface area contributed by atoms with Gasteiger partial charge in [0.2, 0.25) is 5.91 Å². The van der Waals surface area contributed by atoms with Crippen LogP contribution in [0.5, 0.6) is 0 Å². The standard InChI is InChI=1S/C13H24N2OS/c1-15-13(12(14)16)8-4-7-11(9-13)17-10-5-2-3-6-10/h10-11,15H,2-9H2,1H3,(H2,14,16). The zero-order valence-electron chi connectivity index (χ0n) is 10.7. The molecule has 4 heteroatoms. The Balaban J connectivity index is 1.93. The van der Waals surface area contributed by atoms with E-state index in [2.05, 4.69) is 17.1 Å². The highest BCUT2D eigenvalue weighted by Crippen LogP contribution is 2.40. The molecular weight excluding hydrogens is 232 g/mol. The third-order valence-electron chi connectivity index (χ3n) is 4.34. The van der Waals surface area contributed by atoms with Crippen LogP contribution in [0.1, 0.15) is 51.4 Å². The topological polar surface area (TPSA) is 55.1 Å². The van der Waals surface area contributed by atoms with Crippen LogP contribution in [-0.4, -0.2) is 29.0 Å². The Morgan fingerprint density at radius 3 is 2.47 bits per heavy atom. The van der Waals surface area contributed by atoms with Gasteiger partial charge >= 0.3 is 0 Å². The van der Waals surface area contributed by atoms with E-state index in [0.29, 0.717) is 5.25 Å². The van der Waals surface area contributed by atoms with Crippen molar-refractivity contribution in [3.05, 3.63) is 0 Å². The molecule has 0 aromatic carbocycles. The van der Waals surface area contributed by atoms with Gasteiger partial charge in [-0.15, -0.1) is 0 Å². The van der Waals surface area contributed by atoms with Crippen LogP contribution < -0.4 is 11.1 Å². The fourth-order valence-corrected chi connectivity index (χ4v) is 5.04. The van der Waals surface area contributed by atoms with Crippen molar-refractivity contribution in [1.82, 2.24) is 5.32 Å². The molecule has 17 heavy (non-hydrogen) atoms. The van der Waals surface area contributed by atoms with Gasteiger partial charge in [0.25, 0.3) is 0 Å². The SMILES string of the molecule is CNC1(C(N)=O)CCCC(SC2CCCC2)C1. The van der Waals surface area contributed by atoms with E-state index >= 15 is 0 Å². The van der Waals surface area contributed by atoms with Crippen LogP contribution in [0.15, 0.2) is 0 Å².